The lowest BCUT2D eigenvalue weighted by molar-refractivity contribution is 0.355. The summed E-state index contributed by atoms with van der Waals surface area (Å²) in [7, 11) is 1.46. The van der Waals surface area contributed by atoms with E-state index in [0.717, 1.165) is 49.1 Å². The highest BCUT2D eigenvalue weighted by Crippen LogP contribution is 2.36. The number of aromatic nitrogens is 2. The van der Waals surface area contributed by atoms with E-state index in [2.05, 4.69) is 14.9 Å². The third-order valence-corrected chi connectivity index (χ3v) is 5.43. The summed E-state index contributed by atoms with van der Waals surface area (Å²) in [4.78, 5) is 29.3. The molecule has 2 N–H and O–H groups in total. The summed E-state index contributed by atoms with van der Waals surface area (Å²) in [5.41, 5.74) is 0.830. The second-order valence-corrected chi connectivity index (χ2v) is 7.43. The first kappa shape index (κ1) is 18.1. The fourth-order valence-electron chi connectivity index (χ4n) is 3.35. The average molecular weight is 365 g/mol. The molecule has 0 bridgehead atoms. The molecule has 0 spiro atoms. The van der Waals surface area contributed by atoms with E-state index in [9.17, 15) is 0 Å². The lowest BCUT2D eigenvalue weighted by Crippen LogP contribution is -2.34. The fraction of sp³-hybridized carbons (Fsp3) is 0.529. The summed E-state index contributed by atoms with van der Waals surface area (Å²) in [6, 6.07) is 3.80. The van der Waals surface area contributed by atoms with Gasteiger partial charge in [-0.25, -0.2) is 9.97 Å². The number of methoxy groups -OCH3 is 2. The molecule has 2 heterocycles. The normalized spacial score (nSPS) is 15.8. The molecule has 0 unspecified atom stereocenters. The monoisotopic (exact) mass is 365 g/mol. The molecule has 0 aliphatic carbocycles. The van der Waals surface area contributed by atoms with E-state index < -0.39 is 8.38 Å². The SMILES string of the molecule is COc1cc2ncnc(N3CCC(CCP(O)O)CC3)c2cc1OC. The van der Waals surface area contributed by atoms with Gasteiger partial charge in [-0.3, -0.25) is 0 Å². The van der Waals surface area contributed by atoms with Crippen LogP contribution in [0, 0.1) is 5.92 Å². The van der Waals surface area contributed by atoms with Crippen molar-refractivity contribution in [2.24, 2.45) is 5.92 Å². The predicted molar refractivity (Wildman–Crippen MR) is 98.4 cm³/mol. The van der Waals surface area contributed by atoms with E-state index in [1.807, 2.05) is 12.1 Å². The van der Waals surface area contributed by atoms with Crippen LogP contribution in [-0.2, 0) is 0 Å². The molecular formula is C17H24N3O4P. The number of benzene rings is 1. The highest BCUT2D eigenvalue weighted by Gasteiger charge is 2.23. The summed E-state index contributed by atoms with van der Waals surface area (Å²) in [6.45, 7) is 1.81. The van der Waals surface area contributed by atoms with E-state index in [1.165, 1.54) is 0 Å². The van der Waals surface area contributed by atoms with Gasteiger partial charge in [-0.2, -0.15) is 0 Å². The van der Waals surface area contributed by atoms with Crippen LogP contribution in [0.5, 0.6) is 11.5 Å². The van der Waals surface area contributed by atoms with Crippen LogP contribution >= 0.6 is 8.38 Å². The molecule has 1 aromatic heterocycles. The lowest BCUT2D eigenvalue weighted by atomic mass is 9.94. The van der Waals surface area contributed by atoms with Crippen molar-refractivity contribution < 1.29 is 19.3 Å². The average Bonchev–Trinajstić information content (AvgIpc) is 2.65. The maximum absolute atomic E-state index is 9.09. The number of fused-ring (bicyclic) bond motifs is 1. The summed E-state index contributed by atoms with van der Waals surface area (Å²) < 4.78 is 10.8. The summed E-state index contributed by atoms with van der Waals surface area (Å²) in [6.07, 6.45) is 5.03. The quantitative estimate of drug-likeness (QED) is 0.761. The predicted octanol–water partition coefficient (Wildman–Crippen LogP) is 2.55. The van der Waals surface area contributed by atoms with Gasteiger partial charge in [-0.1, -0.05) is 0 Å². The Morgan fingerprint density at radius 1 is 1.12 bits per heavy atom. The molecular weight excluding hydrogens is 341 g/mol. The van der Waals surface area contributed by atoms with Gasteiger partial charge < -0.3 is 24.2 Å². The molecule has 1 aromatic carbocycles. The van der Waals surface area contributed by atoms with Gasteiger partial charge in [0.2, 0.25) is 0 Å². The van der Waals surface area contributed by atoms with Gasteiger partial charge >= 0.3 is 0 Å². The minimum atomic E-state index is -1.77. The Morgan fingerprint density at radius 2 is 1.80 bits per heavy atom. The molecule has 0 atom stereocenters. The molecule has 0 amide bonds. The zero-order valence-electron chi connectivity index (χ0n) is 14.6. The highest BCUT2D eigenvalue weighted by atomic mass is 31.2. The van der Waals surface area contributed by atoms with Crippen molar-refractivity contribution in [3.05, 3.63) is 18.5 Å². The molecule has 136 valence electrons. The number of hydrogen-bond acceptors (Lipinski definition) is 7. The molecule has 1 saturated heterocycles. The van der Waals surface area contributed by atoms with Gasteiger partial charge in [0.15, 0.2) is 19.9 Å². The van der Waals surface area contributed by atoms with Gasteiger partial charge in [-0.05, 0) is 31.2 Å². The first-order valence-electron chi connectivity index (χ1n) is 8.39. The van der Waals surface area contributed by atoms with Gasteiger partial charge in [0.1, 0.15) is 12.1 Å². The van der Waals surface area contributed by atoms with Crippen molar-refractivity contribution >= 4 is 25.1 Å². The number of nitrogens with zero attached hydrogens (tertiary/aromatic N) is 3. The Bertz CT molecular complexity index is 720. The second kappa shape index (κ2) is 8.13. The van der Waals surface area contributed by atoms with Crippen LogP contribution in [0.3, 0.4) is 0 Å². The largest absolute Gasteiger partial charge is 0.493 e. The summed E-state index contributed by atoms with van der Waals surface area (Å²) in [5, 5.41) is 0.952. The lowest BCUT2D eigenvalue weighted by Gasteiger charge is -2.33. The van der Waals surface area contributed by atoms with Crippen LogP contribution in [0.2, 0.25) is 0 Å². The molecule has 0 radical (unpaired) electrons. The summed E-state index contributed by atoms with van der Waals surface area (Å²) >= 11 is 0. The standard InChI is InChI=1S/C17H24N3O4P/c1-23-15-9-13-14(10-16(15)24-2)18-11-19-17(13)20-6-3-12(4-7-20)5-8-25(21)22/h9-12,21-22H,3-8H2,1-2H3. The molecule has 1 fully saturated rings. The Hall–Kier alpha value is -1.69. The number of anilines is 1. The van der Waals surface area contributed by atoms with Crippen molar-refractivity contribution in [3.8, 4) is 11.5 Å². The Morgan fingerprint density at radius 3 is 2.44 bits per heavy atom. The zero-order valence-corrected chi connectivity index (χ0v) is 15.4. The van der Waals surface area contributed by atoms with Crippen LogP contribution in [0.25, 0.3) is 10.9 Å². The number of hydrogen-bond donors (Lipinski definition) is 2. The minimum absolute atomic E-state index is 0.507. The number of piperidine rings is 1. The van der Waals surface area contributed by atoms with Crippen molar-refractivity contribution in [2.75, 3.05) is 38.4 Å². The molecule has 25 heavy (non-hydrogen) atoms. The fourth-order valence-corrected chi connectivity index (χ4v) is 3.95. The molecule has 8 heteroatoms. The Labute approximate surface area is 148 Å². The maximum Gasteiger partial charge on any atom is 0.164 e. The van der Waals surface area contributed by atoms with Crippen molar-refractivity contribution in [1.82, 2.24) is 9.97 Å². The van der Waals surface area contributed by atoms with Crippen LogP contribution in [-0.4, -0.2) is 53.2 Å². The van der Waals surface area contributed by atoms with Crippen LogP contribution < -0.4 is 14.4 Å². The molecule has 7 nitrogen and oxygen atoms in total. The van der Waals surface area contributed by atoms with E-state index in [-0.39, 0.29) is 0 Å². The third-order valence-electron chi connectivity index (χ3n) is 4.77. The minimum Gasteiger partial charge on any atom is -0.493 e. The van der Waals surface area contributed by atoms with E-state index in [4.69, 9.17) is 19.3 Å². The second-order valence-electron chi connectivity index (χ2n) is 6.24. The van der Waals surface area contributed by atoms with Gasteiger partial charge in [0.05, 0.1) is 19.7 Å². The van der Waals surface area contributed by atoms with Crippen molar-refractivity contribution in [1.29, 1.82) is 0 Å². The molecule has 1 aliphatic rings. The third kappa shape index (κ3) is 4.11. The molecule has 2 aromatic rings. The summed E-state index contributed by atoms with van der Waals surface area (Å²) in [5.74, 6) is 2.78. The van der Waals surface area contributed by atoms with Crippen LogP contribution in [0.15, 0.2) is 18.5 Å². The van der Waals surface area contributed by atoms with E-state index in [0.29, 0.717) is 23.6 Å². The topological polar surface area (TPSA) is 87.9 Å². The van der Waals surface area contributed by atoms with Crippen molar-refractivity contribution in [2.45, 2.75) is 19.3 Å². The van der Waals surface area contributed by atoms with Crippen LogP contribution in [0.4, 0.5) is 5.82 Å². The van der Waals surface area contributed by atoms with E-state index in [1.54, 1.807) is 20.5 Å². The van der Waals surface area contributed by atoms with Gasteiger partial charge in [-0.15, -0.1) is 0 Å². The van der Waals surface area contributed by atoms with Gasteiger partial charge in [0.25, 0.3) is 0 Å². The first-order chi connectivity index (χ1) is 12.1. The Balaban J connectivity index is 1.80. The number of rotatable bonds is 6. The first-order valence-corrected chi connectivity index (χ1v) is 9.82. The maximum atomic E-state index is 9.09. The molecule has 0 saturated carbocycles. The van der Waals surface area contributed by atoms with Crippen LogP contribution in [0.1, 0.15) is 19.3 Å². The molecule has 3 rings (SSSR count). The van der Waals surface area contributed by atoms with E-state index >= 15 is 0 Å². The molecule has 1 aliphatic heterocycles. The van der Waals surface area contributed by atoms with Crippen molar-refractivity contribution in [3.63, 3.8) is 0 Å². The number of ether oxygens (including phenoxy) is 2. The highest BCUT2D eigenvalue weighted by molar-refractivity contribution is 7.45. The smallest absolute Gasteiger partial charge is 0.164 e. The van der Waals surface area contributed by atoms with Gasteiger partial charge in [0, 0.05) is 30.7 Å². The Kier molecular flexibility index (Phi) is 5.89. The zero-order chi connectivity index (χ0) is 17.8.